The third-order valence-electron chi connectivity index (χ3n) is 5.60. The number of hydrogen-bond donors (Lipinski definition) is 0. The molecule has 0 unspecified atom stereocenters. The summed E-state index contributed by atoms with van der Waals surface area (Å²) in [7, 11) is -1.44. The fourth-order valence-electron chi connectivity index (χ4n) is 4.18. The van der Waals surface area contributed by atoms with Crippen LogP contribution in [0, 0.1) is 11.5 Å². The van der Waals surface area contributed by atoms with Gasteiger partial charge in [0.05, 0.1) is 6.26 Å². The van der Waals surface area contributed by atoms with Crippen LogP contribution < -0.4 is 0 Å². The van der Waals surface area contributed by atoms with Crippen LogP contribution in [0.15, 0.2) is 75.8 Å². The van der Waals surface area contributed by atoms with E-state index in [4.69, 9.17) is 8.83 Å². The molecule has 0 amide bonds. The van der Waals surface area contributed by atoms with E-state index in [-0.39, 0.29) is 0 Å². The van der Waals surface area contributed by atoms with Crippen molar-refractivity contribution < 1.29 is 8.83 Å². The second-order valence-corrected chi connectivity index (χ2v) is 13.7. The molecule has 2 nitrogen and oxygen atoms in total. The molecule has 0 N–H and O–H groups in total. The van der Waals surface area contributed by atoms with Crippen molar-refractivity contribution in [2.75, 3.05) is 0 Å². The highest BCUT2D eigenvalue weighted by molar-refractivity contribution is 6.83. The maximum absolute atomic E-state index is 6.03. The van der Waals surface area contributed by atoms with E-state index in [2.05, 4.69) is 85.7 Å². The summed E-state index contributed by atoms with van der Waals surface area (Å²) in [6.07, 6.45) is 1.75. The molecular formula is C27H20O2Si. The molecule has 30 heavy (non-hydrogen) atoms. The van der Waals surface area contributed by atoms with E-state index >= 15 is 0 Å². The Morgan fingerprint density at radius 1 is 0.633 bits per heavy atom. The van der Waals surface area contributed by atoms with Crippen molar-refractivity contribution in [1.82, 2.24) is 0 Å². The van der Waals surface area contributed by atoms with Gasteiger partial charge in [0.25, 0.3) is 0 Å². The van der Waals surface area contributed by atoms with Crippen molar-refractivity contribution in [2.45, 2.75) is 19.6 Å². The molecule has 0 radical (unpaired) electrons. The van der Waals surface area contributed by atoms with Crippen LogP contribution in [0.2, 0.25) is 19.6 Å². The Morgan fingerprint density at radius 2 is 1.30 bits per heavy atom. The molecule has 6 rings (SSSR count). The lowest BCUT2D eigenvalue weighted by Crippen LogP contribution is -2.16. The molecule has 3 heteroatoms. The van der Waals surface area contributed by atoms with Gasteiger partial charge in [0.2, 0.25) is 0 Å². The molecule has 0 spiro atoms. The van der Waals surface area contributed by atoms with Crippen molar-refractivity contribution in [3.05, 3.63) is 72.7 Å². The van der Waals surface area contributed by atoms with E-state index in [1.54, 1.807) is 6.26 Å². The summed E-state index contributed by atoms with van der Waals surface area (Å²) in [5.74, 6) is 3.99. The van der Waals surface area contributed by atoms with Crippen LogP contribution in [0.4, 0.5) is 0 Å². The van der Waals surface area contributed by atoms with Gasteiger partial charge in [0.15, 0.2) is 5.76 Å². The third-order valence-corrected chi connectivity index (χ3v) is 6.48. The van der Waals surface area contributed by atoms with Crippen molar-refractivity contribution in [3.8, 4) is 11.5 Å². The van der Waals surface area contributed by atoms with Crippen LogP contribution >= 0.6 is 0 Å². The number of rotatable bonds is 0. The number of fused-ring (bicyclic) bond motifs is 7. The van der Waals surface area contributed by atoms with Crippen LogP contribution in [0.1, 0.15) is 5.76 Å². The summed E-state index contributed by atoms with van der Waals surface area (Å²) in [6, 6.07) is 21.6. The molecule has 4 aromatic carbocycles. The van der Waals surface area contributed by atoms with E-state index < -0.39 is 8.07 Å². The Bertz CT molecular complexity index is 1680. The summed E-state index contributed by atoms with van der Waals surface area (Å²) < 4.78 is 11.6. The van der Waals surface area contributed by atoms with Crippen LogP contribution in [0.3, 0.4) is 0 Å². The van der Waals surface area contributed by atoms with Gasteiger partial charge in [-0.3, -0.25) is 0 Å². The van der Waals surface area contributed by atoms with E-state index in [9.17, 15) is 0 Å². The maximum Gasteiger partial charge on any atom is 0.177 e. The maximum atomic E-state index is 6.03. The van der Waals surface area contributed by atoms with Crippen molar-refractivity contribution >= 4 is 62.3 Å². The molecule has 0 aliphatic heterocycles. The van der Waals surface area contributed by atoms with Gasteiger partial charge in [-0.05, 0) is 68.6 Å². The van der Waals surface area contributed by atoms with Crippen molar-refractivity contribution in [1.29, 1.82) is 0 Å². The molecule has 6 aromatic rings. The number of hydrogen-bond acceptors (Lipinski definition) is 2. The monoisotopic (exact) mass is 404 g/mol. The highest BCUT2D eigenvalue weighted by atomic mass is 28.3. The largest absolute Gasteiger partial charge is 0.464 e. The van der Waals surface area contributed by atoms with E-state index in [0.29, 0.717) is 0 Å². The Labute approximate surface area is 175 Å². The summed E-state index contributed by atoms with van der Waals surface area (Å²) in [6.45, 7) is 6.72. The predicted octanol–water partition coefficient (Wildman–Crippen LogP) is 7.87. The van der Waals surface area contributed by atoms with Gasteiger partial charge in [0.1, 0.15) is 19.2 Å². The minimum Gasteiger partial charge on any atom is -0.464 e. The van der Waals surface area contributed by atoms with Crippen LogP contribution in [-0.2, 0) is 0 Å². The van der Waals surface area contributed by atoms with Crippen molar-refractivity contribution in [2.24, 2.45) is 0 Å². The van der Waals surface area contributed by atoms with Gasteiger partial charge in [-0.1, -0.05) is 43.9 Å². The lowest BCUT2D eigenvalue weighted by Gasteiger charge is -2.08. The van der Waals surface area contributed by atoms with Gasteiger partial charge < -0.3 is 8.83 Å². The molecule has 0 bridgehead atoms. The molecule has 2 heterocycles. The quantitative estimate of drug-likeness (QED) is 0.146. The zero-order valence-electron chi connectivity index (χ0n) is 17.2. The summed E-state index contributed by atoms with van der Waals surface area (Å²) in [4.78, 5) is 0. The molecule has 0 atom stereocenters. The number of furan rings is 2. The first-order valence-corrected chi connectivity index (χ1v) is 13.7. The Kier molecular flexibility index (Phi) is 3.48. The molecule has 0 saturated carbocycles. The minimum absolute atomic E-state index is 0.750. The molecule has 2 aromatic heterocycles. The fraction of sp³-hybridized carbons (Fsp3) is 0.111. The average molecular weight is 405 g/mol. The molecule has 0 aliphatic carbocycles. The highest BCUT2D eigenvalue weighted by Crippen LogP contribution is 2.35. The van der Waals surface area contributed by atoms with E-state index in [1.807, 2.05) is 6.07 Å². The molecule has 0 aliphatic rings. The zero-order valence-corrected chi connectivity index (χ0v) is 18.2. The van der Waals surface area contributed by atoms with E-state index in [1.165, 1.54) is 32.3 Å². The van der Waals surface area contributed by atoms with Crippen molar-refractivity contribution in [3.63, 3.8) is 0 Å². The van der Waals surface area contributed by atoms with Gasteiger partial charge in [0, 0.05) is 16.8 Å². The second kappa shape index (κ2) is 6.01. The summed E-state index contributed by atoms with van der Waals surface area (Å²) in [5.41, 5.74) is 5.21. The summed E-state index contributed by atoms with van der Waals surface area (Å²) >= 11 is 0. The Balaban J connectivity index is 1.62. The van der Waals surface area contributed by atoms with Gasteiger partial charge >= 0.3 is 0 Å². The van der Waals surface area contributed by atoms with E-state index in [0.717, 1.165) is 27.7 Å². The highest BCUT2D eigenvalue weighted by Gasteiger charge is 2.11. The molecular weight excluding hydrogens is 384 g/mol. The van der Waals surface area contributed by atoms with Crippen LogP contribution in [0.5, 0.6) is 0 Å². The first kappa shape index (κ1) is 17.4. The smallest absolute Gasteiger partial charge is 0.177 e. The third kappa shape index (κ3) is 2.73. The van der Waals surface area contributed by atoms with Crippen LogP contribution in [0.25, 0.3) is 54.3 Å². The van der Waals surface area contributed by atoms with Gasteiger partial charge in [-0.15, -0.1) is 5.54 Å². The lowest BCUT2D eigenvalue weighted by molar-refractivity contribution is 0.602. The molecule has 0 fully saturated rings. The van der Waals surface area contributed by atoms with Gasteiger partial charge in [-0.2, -0.15) is 0 Å². The zero-order chi connectivity index (χ0) is 20.5. The first-order valence-electron chi connectivity index (χ1n) is 10.2. The average Bonchev–Trinajstić information content (AvgIpc) is 3.33. The Morgan fingerprint density at radius 3 is 2.00 bits per heavy atom. The molecule has 144 valence electrons. The Hall–Kier alpha value is -3.48. The fourth-order valence-corrected chi connectivity index (χ4v) is 4.67. The van der Waals surface area contributed by atoms with Gasteiger partial charge in [-0.25, -0.2) is 0 Å². The normalized spacial score (nSPS) is 12.2. The minimum atomic E-state index is -1.44. The topological polar surface area (TPSA) is 26.3 Å². The standard InChI is InChI=1S/C27H20O2Si/c1-30(2,3)11-9-21-12-20-14-25-18(16-27(20)29-21)5-7-22-23(25)6-4-17-15-26-19(8-10-28-26)13-24(17)22/h4-8,10,12-16H,1-3H3. The number of benzene rings is 4. The second-order valence-electron chi connectivity index (χ2n) is 8.98. The SMILES string of the molecule is C[Si](C)(C)C#Cc1cc2cc3c(ccc4c5cc6ccoc6cc5ccc34)cc2o1. The summed E-state index contributed by atoms with van der Waals surface area (Å²) in [5, 5.41) is 9.59. The lowest BCUT2D eigenvalue weighted by atomic mass is 9.96. The first-order chi connectivity index (χ1) is 14.4. The predicted molar refractivity (Wildman–Crippen MR) is 129 cm³/mol. The van der Waals surface area contributed by atoms with Crippen LogP contribution in [-0.4, -0.2) is 8.07 Å². The molecule has 0 saturated heterocycles.